The van der Waals surface area contributed by atoms with Gasteiger partial charge in [-0.05, 0) is 61.2 Å². The number of rotatable bonds is 7. The van der Waals surface area contributed by atoms with E-state index in [0.717, 1.165) is 17.7 Å². The van der Waals surface area contributed by atoms with Crippen LogP contribution in [0.15, 0.2) is 48.5 Å². The molecular formula is C25H30Cl2N2O3. The highest BCUT2D eigenvalue weighted by Crippen LogP contribution is 2.37. The molecular weight excluding hydrogens is 447 g/mol. The minimum absolute atomic E-state index is 0.0803. The summed E-state index contributed by atoms with van der Waals surface area (Å²) in [7, 11) is 0. The maximum Gasteiger partial charge on any atom is 0.315 e. The summed E-state index contributed by atoms with van der Waals surface area (Å²) in [5.41, 5.74) is 2.12. The van der Waals surface area contributed by atoms with Gasteiger partial charge < -0.3 is 14.5 Å². The number of esters is 1. The molecule has 0 bridgehead atoms. The van der Waals surface area contributed by atoms with Crippen LogP contribution in [0.25, 0.3) is 0 Å². The lowest BCUT2D eigenvalue weighted by Crippen LogP contribution is -2.57. The van der Waals surface area contributed by atoms with Crippen LogP contribution in [0.1, 0.15) is 45.2 Å². The molecule has 0 spiro atoms. The van der Waals surface area contributed by atoms with Crippen LogP contribution in [0.5, 0.6) is 0 Å². The summed E-state index contributed by atoms with van der Waals surface area (Å²) in [5, 5.41) is 1.34. The molecule has 3 rings (SSSR count). The largest absolute Gasteiger partial charge is 0.466 e. The van der Waals surface area contributed by atoms with Crippen LogP contribution in [-0.4, -0.2) is 42.5 Å². The van der Waals surface area contributed by atoms with Gasteiger partial charge in [0.1, 0.15) is 6.42 Å². The minimum atomic E-state index is -0.485. The number of carbonyl (C=O) groups is 2. The summed E-state index contributed by atoms with van der Waals surface area (Å²) in [4.78, 5) is 29.1. The van der Waals surface area contributed by atoms with Crippen LogP contribution in [-0.2, 0) is 14.3 Å². The predicted octanol–water partition coefficient (Wildman–Crippen LogP) is 5.75. The molecule has 1 aliphatic heterocycles. The van der Waals surface area contributed by atoms with E-state index in [-0.39, 0.29) is 31.0 Å². The summed E-state index contributed by atoms with van der Waals surface area (Å²) >= 11 is 12.3. The number of hydrogen-bond acceptors (Lipinski definition) is 4. The summed E-state index contributed by atoms with van der Waals surface area (Å²) < 4.78 is 5.00. The maximum atomic E-state index is 13.0. The van der Waals surface area contributed by atoms with Crippen molar-refractivity contribution in [3.8, 4) is 0 Å². The standard InChI is InChI=1S/C25H30Cl2N2O3/c1-4-32-25(31)14-24(30)28-15-22(13-17(2)3)29(21-11-9-20(27)10-12-21)23(16-28)18-5-7-19(26)8-6-18/h5-12,17,22-23H,4,13-16H2,1-3H3/t22-,23-/m0/s1. The Hall–Kier alpha value is -2.24. The maximum absolute atomic E-state index is 13.0. The number of nitrogens with zero attached hydrogens (tertiary/aromatic N) is 2. The van der Waals surface area contributed by atoms with E-state index in [1.165, 1.54) is 0 Å². The van der Waals surface area contributed by atoms with E-state index in [1.54, 1.807) is 11.8 Å². The summed E-state index contributed by atoms with van der Waals surface area (Å²) in [5.74, 6) is -0.256. The third kappa shape index (κ3) is 6.17. The molecule has 0 aliphatic carbocycles. The SMILES string of the molecule is CCOC(=O)CC(=O)N1C[C@H](CC(C)C)N(c2ccc(Cl)cc2)[C@H](c2ccc(Cl)cc2)C1. The highest BCUT2D eigenvalue weighted by Gasteiger charge is 2.38. The molecule has 0 unspecified atom stereocenters. The first-order valence-electron chi connectivity index (χ1n) is 11.0. The Morgan fingerprint density at radius 2 is 1.59 bits per heavy atom. The lowest BCUT2D eigenvalue weighted by Gasteiger charge is -2.49. The number of piperazine rings is 1. The second-order valence-electron chi connectivity index (χ2n) is 8.51. The Morgan fingerprint density at radius 1 is 1.00 bits per heavy atom. The molecule has 1 fully saturated rings. The fourth-order valence-corrected chi connectivity index (χ4v) is 4.56. The van der Waals surface area contributed by atoms with Gasteiger partial charge in [-0.2, -0.15) is 0 Å². The number of amides is 1. The Morgan fingerprint density at radius 3 is 2.16 bits per heavy atom. The Bertz CT molecular complexity index is 916. The second kappa shape index (κ2) is 11.1. The lowest BCUT2D eigenvalue weighted by molar-refractivity contribution is -0.149. The van der Waals surface area contributed by atoms with Crippen molar-refractivity contribution in [3.05, 3.63) is 64.1 Å². The molecule has 0 N–H and O–H groups in total. The zero-order valence-corrected chi connectivity index (χ0v) is 20.3. The van der Waals surface area contributed by atoms with Gasteiger partial charge in [-0.3, -0.25) is 9.59 Å². The summed E-state index contributed by atoms with van der Waals surface area (Å²) in [6, 6.07) is 15.6. The third-order valence-electron chi connectivity index (χ3n) is 5.63. The Kier molecular flexibility index (Phi) is 8.44. The van der Waals surface area contributed by atoms with Crippen LogP contribution < -0.4 is 4.90 Å². The van der Waals surface area contributed by atoms with Gasteiger partial charge in [-0.25, -0.2) is 0 Å². The Balaban J connectivity index is 1.98. The molecule has 1 saturated heterocycles. The van der Waals surface area contributed by atoms with E-state index in [9.17, 15) is 9.59 Å². The van der Waals surface area contributed by atoms with Gasteiger partial charge in [0, 0.05) is 34.9 Å². The average molecular weight is 477 g/mol. The Labute approximate surface area is 200 Å². The van der Waals surface area contributed by atoms with Crippen molar-refractivity contribution in [2.45, 2.75) is 45.7 Å². The van der Waals surface area contributed by atoms with E-state index >= 15 is 0 Å². The van der Waals surface area contributed by atoms with Gasteiger partial charge in [-0.1, -0.05) is 49.2 Å². The monoisotopic (exact) mass is 476 g/mol. The molecule has 7 heteroatoms. The molecule has 0 aromatic heterocycles. The quantitative estimate of drug-likeness (QED) is 0.376. The fraction of sp³-hybridized carbons (Fsp3) is 0.440. The molecule has 2 atom stereocenters. The number of benzene rings is 2. The number of hydrogen-bond donors (Lipinski definition) is 0. The summed E-state index contributed by atoms with van der Waals surface area (Å²) in [6.45, 7) is 7.37. The zero-order chi connectivity index (χ0) is 23.3. The van der Waals surface area contributed by atoms with Crippen molar-refractivity contribution in [1.82, 2.24) is 4.90 Å². The normalized spacial score (nSPS) is 18.7. The van der Waals surface area contributed by atoms with Crippen molar-refractivity contribution in [3.63, 3.8) is 0 Å². The number of halogens is 2. The molecule has 5 nitrogen and oxygen atoms in total. The van der Waals surface area contributed by atoms with Crippen molar-refractivity contribution in [1.29, 1.82) is 0 Å². The van der Waals surface area contributed by atoms with E-state index in [4.69, 9.17) is 27.9 Å². The van der Waals surface area contributed by atoms with Crippen LogP contribution in [0.4, 0.5) is 5.69 Å². The molecule has 2 aromatic rings. The van der Waals surface area contributed by atoms with E-state index in [1.807, 2.05) is 48.5 Å². The first-order chi connectivity index (χ1) is 15.3. The number of ether oxygens (including phenoxy) is 1. The molecule has 1 amide bonds. The van der Waals surface area contributed by atoms with Gasteiger partial charge >= 0.3 is 5.97 Å². The molecule has 0 radical (unpaired) electrons. The lowest BCUT2D eigenvalue weighted by atomic mass is 9.92. The van der Waals surface area contributed by atoms with Crippen molar-refractivity contribution in [2.24, 2.45) is 5.92 Å². The fourth-order valence-electron chi connectivity index (χ4n) is 4.31. The van der Waals surface area contributed by atoms with Crippen molar-refractivity contribution < 1.29 is 14.3 Å². The minimum Gasteiger partial charge on any atom is -0.466 e. The molecule has 0 saturated carbocycles. The van der Waals surface area contributed by atoms with Gasteiger partial charge in [0.25, 0.3) is 0 Å². The van der Waals surface area contributed by atoms with Crippen LogP contribution in [0.2, 0.25) is 10.0 Å². The molecule has 172 valence electrons. The highest BCUT2D eigenvalue weighted by molar-refractivity contribution is 6.30. The molecule has 1 heterocycles. The molecule has 1 aliphatic rings. The average Bonchev–Trinajstić information content (AvgIpc) is 2.74. The highest BCUT2D eigenvalue weighted by atomic mass is 35.5. The van der Waals surface area contributed by atoms with Gasteiger partial charge in [0.15, 0.2) is 0 Å². The van der Waals surface area contributed by atoms with Gasteiger partial charge in [-0.15, -0.1) is 0 Å². The van der Waals surface area contributed by atoms with E-state index < -0.39 is 5.97 Å². The van der Waals surface area contributed by atoms with Crippen LogP contribution in [0, 0.1) is 5.92 Å². The van der Waals surface area contributed by atoms with Gasteiger partial charge in [0.2, 0.25) is 5.91 Å². The van der Waals surface area contributed by atoms with Crippen LogP contribution in [0.3, 0.4) is 0 Å². The third-order valence-corrected chi connectivity index (χ3v) is 6.13. The zero-order valence-electron chi connectivity index (χ0n) is 18.8. The number of anilines is 1. The van der Waals surface area contributed by atoms with E-state index in [2.05, 4.69) is 18.7 Å². The smallest absolute Gasteiger partial charge is 0.315 e. The molecule has 32 heavy (non-hydrogen) atoms. The topological polar surface area (TPSA) is 49.9 Å². The second-order valence-corrected chi connectivity index (χ2v) is 9.39. The van der Waals surface area contributed by atoms with Crippen molar-refractivity contribution >= 4 is 40.8 Å². The van der Waals surface area contributed by atoms with Gasteiger partial charge in [0.05, 0.1) is 12.6 Å². The van der Waals surface area contributed by atoms with E-state index in [0.29, 0.717) is 29.1 Å². The summed E-state index contributed by atoms with van der Waals surface area (Å²) in [6.07, 6.45) is 0.659. The first kappa shape index (κ1) is 24.4. The van der Waals surface area contributed by atoms with Crippen molar-refractivity contribution in [2.75, 3.05) is 24.6 Å². The van der Waals surface area contributed by atoms with Crippen LogP contribution >= 0.6 is 23.2 Å². The first-order valence-corrected chi connectivity index (χ1v) is 11.8. The molecule has 2 aromatic carbocycles. The predicted molar refractivity (Wildman–Crippen MR) is 129 cm³/mol. The number of carbonyl (C=O) groups excluding carboxylic acids is 2.